The van der Waals surface area contributed by atoms with Crippen LogP contribution >= 0.6 is 0 Å². The Balaban J connectivity index is 3.08. The van der Waals surface area contributed by atoms with Gasteiger partial charge >= 0.3 is 0 Å². The van der Waals surface area contributed by atoms with Crippen LogP contribution in [0.2, 0.25) is 0 Å². The molecular formula is C16H27FN2. The Morgan fingerprint density at radius 1 is 1.21 bits per heavy atom. The molecule has 0 fully saturated rings. The molecule has 0 saturated carbocycles. The second kappa shape index (κ2) is 7.49. The summed E-state index contributed by atoms with van der Waals surface area (Å²) in [6.07, 6.45) is 1.01. The highest BCUT2D eigenvalue weighted by Gasteiger charge is 2.18. The van der Waals surface area contributed by atoms with Gasteiger partial charge in [0.05, 0.1) is 5.69 Å². The Morgan fingerprint density at radius 3 is 2.42 bits per heavy atom. The Morgan fingerprint density at radius 2 is 1.89 bits per heavy atom. The first-order valence-electron chi connectivity index (χ1n) is 7.28. The van der Waals surface area contributed by atoms with Crippen LogP contribution in [0.4, 0.5) is 10.1 Å². The zero-order valence-electron chi connectivity index (χ0n) is 12.8. The zero-order valence-corrected chi connectivity index (χ0v) is 12.8. The number of halogens is 1. The van der Waals surface area contributed by atoms with Gasteiger partial charge in [0.2, 0.25) is 0 Å². The van der Waals surface area contributed by atoms with Crippen LogP contribution in [0.3, 0.4) is 0 Å². The molecule has 1 N–H and O–H groups in total. The van der Waals surface area contributed by atoms with Gasteiger partial charge in [-0.1, -0.05) is 32.9 Å². The molecule has 0 heterocycles. The van der Waals surface area contributed by atoms with Crippen molar-refractivity contribution < 1.29 is 4.39 Å². The molecule has 1 aromatic rings. The third kappa shape index (κ3) is 4.20. The first-order chi connectivity index (χ1) is 9.01. The van der Waals surface area contributed by atoms with Crippen LogP contribution in [0.1, 0.15) is 46.6 Å². The normalized spacial score (nSPS) is 12.8. The number of nitrogens with zero attached hydrogens (tertiary/aromatic N) is 1. The Hall–Kier alpha value is -1.09. The number of para-hydroxylation sites is 1. The SMILES string of the molecule is CCC(C)N(CC)c1c(F)cccc1CNC(C)C. The van der Waals surface area contributed by atoms with E-state index in [0.717, 1.165) is 24.2 Å². The summed E-state index contributed by atoms with van der Waals surface area (Å²) in [4.78, 5) is 2.16. The zero-order chi connectivity index (χ0) is 14.4. The highest BCUT2D eigenvalue weighted by Crippen LogP contribution is 2.27. The Labute approximate surface area is 117 Å². The Bertz CT molecular complexity index is 390. The lowest BCUT2D eigenvalue weighted by Crippen LogP contribution is -2.34. The summed E-state index contributed by atoms with van der Waals surface area (Å²) in [5.74, 6) is -0.120. The van der Waals surface area contributed by atoms with E-state index in [1.54, 1.807) is 12.1 Å². The second-order valence-corrected chi connectivity index (χ2v) is 5.33. The van der Waals surface area contributed by atoms with Gasteiger partial charge in [-0.15, -0.1) is 0 Å². The monoisotopic (exact) mass is 266 g/mol. The van der Waals surface area contributed by atoms with Crippen molar-refractivity contribution in [3.63, 3.8) is 0 Å². The molecule has 0 aromatic heterocycles. The molecule has 0 amide bonds. The average Bonchev–Trinajstić information content (AvgIpc) is 2.39. The first-order valence-corrected chi connectivity index (χ1v) is 7.28. The molecule has 0 saturated heterocycles. The minimum absolute atomic E-state index is 0.120. The third-order valence-corrected chi connectivity index (χ3v) is 3.52. The van der Waals surface area contributed by atoms with Gasteiger partial charge in [-0.2, -0.15) is 0 Å². The molecule has 1 atom stereocenters. The molecule has 0 spiro atoms. The van der Waals surface area contributed by atoms with E-state index in [1.807, 2.05) is 6.07 Å². The van der Waals surface area contributed by atoms with E-state index < -0.39 is 0 Å². The number of anilines is 1. The predicted octanol–water partition coefficient (Wildman–Crippen LogP) is 3.95. The van der Waals surface area contributed by atoms with E-state index >= 15 is 0 Å². The van der Waals surface area contributed by atoms with Gasteiger partial charge in [-0.05, 0) is 31.9 Å². The summed E-state index contributed by atoms with van der Waals surface area (Å²) in [7, 11) is 0. The molecule has 0 aliphatic heterocycles. The molecule has 19 heavy (non-hydrogen) atoms. The predicted molar refractivity (Wildman–Crippen MR) is 81.1 cm³/mol. The lowest BCUT2D eigenvalue weighted by molar-refractivity contribution is 0.561. The van der Waals surface area contributed by atoms with Crippen molar-refractivity contribution in [1.29, 1.82) is 0 Å². The molecule has 1 unspecified atom stereocenters. The molecule has 1 rings (SSSR count). The van der Waals surface area contributed by atoms with E-state index in [-0.39, 0.29) is 5.82 Å². The number of nitrogens with one attached hydrogen (secondary N) is 1. The maximum absolute atomic E-state index is 14.2. The Kier molecular flexibility index (Phi) is 6.29. The van der Waals surface area contributed by atoms with E-state index in [9.17, 15) is 4.39 Å². The fraction of sp³-hybridized carbons (Fsp3) is 0.625. The molecule has 0 radical (unpaired) electrons. The van der Waals surface area contributed by atoms with E-state index in [2.05, 4.69) is 44.8 Å². The summed E-state index contributed by atoms with van der Waals surface area (Å²) in [5.41, 5.74) is 1.79. The van der Waals surface area contributed by atoms with Crippen molar-refractivity contribution in [2.45, 2.75) is 59.7 Å². The van der Waals surface area contributed by atoms with Crippen molar-refractivity contribution in [3.05, 3.63) is 29.6 Å². The van der Waals surface area contributed by atoms with Gasteiger partial charge in [-0.25, -0.2) is 4.39 Å². The van der Waals surface area contributed by atoms with E-state index in [1.165, 1.54) is 0 Å². The van der Waals surface area contributed by atoms with Gasteiger partial charge in [0.25, 0.3) is 0 Å². The highest BCUT2D eigenvalue weighted by molar-refractivity contribution is 5.55. The van der Waals surface area contributed by atoms with Gasteiger partial charge in [-0.3, -0.25) is 0 Å². The summed E-state index contributed by atoms with van der Waals surface area (Å²) >= 11 is 0. The highest BCUT2D eigenvalue weighted by atomic mass is 19.1. The fourth-order valence-corrected chi connectivity index (χ4v) is 2.25. The van der Waals surface area contributed by atoms with Gasteiger partial charge in [0.1, 0.15) is 5.82 Å². The standard InChI is InChI=1S/C16H27FN2/c1-6-13(5)19(7-2)16-14(11-18-12(3)4)9-8-10-15(16)17/h8-10,12-13,18H,6-7,11H2,1-5H3. The van der Waals surface area contributed by atoms with Crippen LogP contribution in [0, 0.1) is 5.82 Å². The smallest absolute Gasteiger partial charge is 0.146 e. The number of hydrogen-bond acceptors (Lipinski definition) is 2. The molecule has 1 aromatic carbocycles. The maximum atomic E-state index is 14.2. The lowest BCUT2D eigenvalue weighted by Gasteiger charge is -2.32. The minimum Gasteiger partial charge on any atom is -0.366 e. The van der Waals surface area contributed by atoms with E-state index in [4.69, 9.17) is 0 Å². The molecule has 2 nitrogen and oxygen atoms in total. The van der Waals surface area contributed by atoms with Crippen molar-refractivity contribution in [2.75, 3.05) is 11.4 Å². The number of benzene rings is 1. The van der Waals surface area contributed by atoms with Crippen LogP contribution in [-0.4, -0.2) is 18.6 Å². The van der Waals surface area contributed by atoms with Crippen LogP contribution < -0.4 is 10.2 Å². The second-order valence-electron chi connectivity index (χ2n) is 5.33. The molecule has 3 heteroatoms. The number of hydrogen-bond donors (Lipinski definition) is 1. The molecular weight excluding hydrogens is 239 g/mol. The van der Waals surface area contributed by atoms with Crippen LogP contribution in [-0.2, 0) is 6.54 Å². The topological polar surface area (TPSA) is 15.3 Å². The van der Waals surface area contributed by atoms with Crippen molar-refractivity contribution >= 4 is 5.69 Å². The van der Waals surface area contributed by atoms with Crippen molar-refractivity contribution in [1.82, 2.24) is 5.32 Å². The van der Waals surface area contributed by atoms with E-state index in [0.29, 0.717) is 18.6 Å². The minimum atomic E-state index is -0.120. The maximum Gasteiger partial charge on any atom is 0.146 e. The fourth-order valence-electron chi connectivity index (χ4n) is 2.25. The molecule has 0 aliphatic rings. The van der Waals surface area contributed by atoms with Gasteiger partial charge < -0.3 is 10.2 Å². The van der Waals surface area contributed by atoms with Crippen molar-refractivity contribution in [2.24, 2.45) is 0 Å². The van der Waals surface area contributed by atoms with Crippen LogP contribution in [0.15, 0.2) is 18.2 Å². The average molecular weight is 266 g/mol. The summed E-state index contributed by atoms with van der Waals surface area (Å²) in [5, 5.41) is 3.37. The quantitative estimate of drug-likeness (QED) is 0.804. The van der Waals surface area contributed by atoms with Crippen LogP contribution in [0.25, 0.3) is 0 Å². The summed E-state index contributed by atoms with van der Waals surface area (Å²) in [6.45, 7) is 12.1. The summed E-state index contributed by atoms with van der Waals surface area (Å²) < 4.78 is 14.2. The van der Waals surface area contributed by atoms with Gasteiger partial charge in [0.15, 0.2) is 0 Å². The first kappa shape index (κ1) is 16.0. The third-order valence-electron chi connectivity index (χ3n) is 3.52. The van der Waals surface area contributed by atoms with Crippen molar-refractivity contribution in [3.8, 4) is 0 Å². The largest absolute Gasteiger partial charge is 0.366 e. The molecule has 108 valence electrons. The lowest BCUT2D eigenvalue weighted by atomic mass is 10.1. The molecule has 0 aliphatic carbocycles. The van der Waals surface area contributed by atoms with Gasteiger partial charge in [0, 0.05) is 25.2 Å². The summed E-state index contributed by atoms with van der Waals surface area (Å²) in [6, 6.07) is 6.10. The molecule has 0 bridgehead atoms. The number of rotatable bonds is 7. The van der Waals surface area contributed by atoms with Crippen LogP contribution in [0.5, 0.6) is 0 Å².